The minimum atomic E-state index is -4.50. The van der Waals surface area contributed by atoms with Gasteiger partial charge in [0.15, 0.2) is 0 Å². The largest absolute Gasteiger partial charge is 0.465 e. The van der Waals surface area contributed by atoms with Crippen LogP contribution in [-0.2, 0) is 25.1 Å². The number of sulfone groups is 1. The van der Waals surface area contributed by atoms with Gasteiger partial charge in [-0.2, -0.15) is 4.39 Å². The summed E-state index contributed by atoms with van der Waals surface area (Å²) in [6.45, 7) is 0. The summed E-state index contributed by atoms with van der Waals surface area (Å²) in [7, 11) is -3.64. The molecule has 0 aromatic heterocycles. The van der Waals surface area contributed by atoms with Crippen molar-refractivity contribution in [1.29, 1.82) is 0 Å². The molecule has 1 aromatic rings. The van der Waals surface area contributed by atoms with Crippen LogP contribution in [0.3, 0.4) is 0 Å². The van der Waals surface area contributed by atoms with E-state index in [-0.39, 0.29) is 0 Å². The van der Waals surface area contributed by atoms with E-state index in [0.29, 0.717) is 5.56 Å². The molecule has 0 aliphatic heterocycles. The van der Waals surface area contributed by atoms with Crippen molar-refractivity contribution in [1.82, 2.24) is 0 Å². The zero-order valence-corrected chi connectivity index (χ0v) is 10.5. The van der Waals surface area contributed by atoms with E-state index < -0.39 is 26.0 Å². The molecule has 1 rings (SSSR count). The van der Waals surface area contributed by atoms with Crippen molar-refractivity contribution < 1.29 is 22.3 Å². The van der Waals surface area contributed by atoms with Gasteiger partial charge in [-0.15, -0.1) is 0 Å². The van der Waals surface area contributed by atoms with Gasteiger partial charge in [-0.3, -0.25) is 0 Å². The Kier molecular flexibility index (Phi) is 4.11. The third kappa shape index (κ3) is 2.95. The van der Waals surface area contributed by atoms with Crippen LogP contribution in [0.5, 0.6) is 0 Å². The number of alkyl halides is 2. The lowest BCUT2D eigenvalue weighted by Crippen LogP contribution is -2.38. The Labute approximate surface area is 103 Å². The Morgan fingerprint density at radius 2 is 1.94 bits per heavy atom. The highest BCUT2D eigenvalue weighted by molar-refractivity contribution is 7.94. The highest BCUT2D eigenvalue weighted by Gasteiger charge is 2.51. The number of ether oxygens (including phenoxy) is 1. The molecule has 94 valence electrons. The number of hydrogen-bond acceptors (Lipinski definition) is 4. The van der Waals surface area contributed by atoms with Gasteiger partial charge in [-0.1, -0.05) is 41.9 Å². The van der Waals surface area contributed by atoms with E-state index in [2.05, 4.69) is 4.74 Å². The molecule has 0 fully saturated rings. The summed E-state index contributed by atoms with van der Waals surface area (Å²) < 4.78 is 37.3. The van der Waals surface area contributed by atoms with Crippen LogP contribution in [0.4, 0.5) is 4.39 Å². The van der Waals surface area contributed by atoms with E-state index in [0.717, 1.165) is 7.11 Å². The van der Waals surface area contributed by atoms with Crippen molar-refractivity contribution in [3.63, 3.8) is 0 Å². The van der Waals surface area contributed by atoms with Gasteiger partial charge in [-0.25, -0.2) is 13.2 Å². The highest BCUT2D eigenvalue weighted by Crippen LogP contribution is 2.29. The lowest BCUT2D eigenvalue weighted by atomic mass is 10.2. The van der Waals surface area contributed by atoms with Gasteiger partial charge < -0.3 is 4.74 Å². The molecule has 0 heterocycles. The molecule has 0 radical (unpaired) electrons. The molecule has 0 N–H and O–H groups in total. The second kappa shape index (κ2) is 5.01. The number of carbonyl (C=O) groups excluding carboxylic acids is 1. The summed E-state index contributed by atoms with van der Waals surface area (Å²) in [4.78, 5) is 11.0. The Hall–Kier alpha value is -1.14. The van der Waals surface area contributed by atoms with Crippen molar-refractivity contribution in [2.75, 3.05) is 7.11 Å². The summed E-state index contributed by atoms with van der Waals surface area (Å²) >= 11 is 5.10. The van der Waals surface area contributed by atoms with E-state index in [9.17, 15) is 17.6 Å². The van der Waals surface area contributed by atoms with Crippen molar-refractivity contribution in [3.05, 3.63) is 35.9 Å². The molecule has 1 atom stereocenters. The smallest absolute Gasteiger partial charge is 0.379 e. The second-order valence-electron chi connectivity index (χ2n) is 3.25. The monoisotopic (exact) mass is 280 g/mol. The lowest BCUT2D eigenvalue weighted by molar-refractivity contribution is -0.145. The van der Waals surface area contributed by atoms with Gasteiger partial charge in [0.1, 0.15) is 0 Å². The van der Waals surface area contributed by atoms with Crippen LogP contribution in [-0.4, -0.2) is 26.0 Å². The molecule has 0 spiro atoms. The molecule has 17 heavy (non-hydrogen) atoms. The van der Waals surface area contributed by atoms with Crippen LogP contribution in [0.25, 0.3) is 0 Å². The number of methoxy groups -OCH3 is 1. The van der Waals surface area contributed by atoms with E-state index in [4.69, 9.17) is 11.6 Å². The predicted octanol–water partition coefficient (Wildman–Crippen LogP) is 1.64. The minimum absolute atomic E-state index is 0.332. The molecule has 7 heteroatoms. The van der Waals surface area contributed by atoms with E-state index >= 15 is 0 Å². The lowest BCUT2D eigenvalue weighted by Gasteiger charge is -2.15. The molecule has 0 bridgehead atoms. The first-order valence-electron chi connectivity index (χ1n) is 4.53. The van der Waals surface area contributed by atoms with Crippen molar-refractivity contribution >= 4 is 27.4 Å². The molecule has 0 aliphatic carbocycles. The fraction of sp³-hybridized carbons (Fsp3) is 0.300. The Morgan fingerprint density at radius 1 is 1.41 bits per heavy atom. The first-order valence-corrected chi connectivity index (χ1v) is 6.57. The predicted molar refractivity (Wildman–Crippen MR) is 60.8 cm³/mol. The highest BCUT2D eigenvalue weighted by atomic mass is 35.5. The average Bonchev–Trinajstić information content (AvgIpc) is 2.28. The Bertz CT molecular complexity index is 498. The van der Waals surface area contributed by atoms with Gasteiger partial charge in [-0.05, 0) is 5.56 Å². The van der Waals surface area contributed by atoms with Gasteiger partial charge in [0.2, 0.25) is 9.84 Å². The van der Waals surface area contributed by atoms with E-state index in [1.165, 1.54) is 12.1 Å². The summed E-state index contributed by atoms with van der Waals surface area (Å²) in [5.74, 6) is -2.32. The van der Waals surface area contributed by atoms with Gasteiger partial charge in [0.05, 0.1) is 12.9 Å². The molecule has 4 nitrogen and oxygen atoms in total. The van der Waals surface area contributed by atoms with Crippen LogP contribution in [0, 0.1) is 0 Å². The van der Waals surface area contributed by atoms with E-state index in [1.807, 2.05) is 0 Å². The molecule has 0 amide bonds. The molecule has 0 aliphatic rings. The molecule has 1 aromatic carbocycles. The summed E-state index contributed by atoms with van der Waals surface area (Å²) in [5, 5.41) is 0. The summed E-state index contributed by atoms with van der Waals surface area (Å²) in [6, 6.07) is 7.84. The normalized spacial score (nSPS) is 15.0. The van der Waals surface area contributed by atoms with E-state index in [1.54, 1.807) is 18.2 Å². The van der Waals surface area contributed by atoms with Crippen LogP contribution in [0.1, 0.15) is 5.56 Å². The topological polar surface area (TPSA) is 60.4 Å². The number of halogens is 2. The maximum Gasteiger partial charge on any atom is 0.379 e. The Morgan fingerprint density at radius 3 is 2.41 bits per heavy atom. The van der Waals surface area contributed by atoms with Gasteiger partial charge in [0.25, 0.3) is 0 Å². The maximum absolute atomic E-state index is 13.7. The number of esters is 1. The maximum atomic E-state index is 13.7. The van der Waals surface area contributed by atoms with Crippen molar-refractivity contribution in [2.45, 2.75) is 10.2 Å². The molecular formula is C10H10ClFO4S. The summed E-state index contributed by atoms with van der Waals surface area (Å²) in [5.41, 5.74) is 0.332. The number of hydrogen-bond donors (Lipinski definition) is 0. The fourth-order valence-corrected chi connectivity index (χ4v) is 2.52. The second-order valence-corrected chi connectivity index (χ2v) is 6.08. The Balaban J connectivity index is 3.01. The SMILES string of the molecule is COC(=O)C(F)(Cl)S(=O)(=O)Cc1ccccc1. The molecule has 1 unspecified atom stereocenters. The van der Waals surface area contributed by atoms with Crippen LogP contribution < -0.4 is 0 Å². The quantitative estimate of drug-likeness (QED) is 0.621. The zero-order valence-electron chi connectivity index (χ0n) is 8.89. The zero-order chi connectivity index (χ0) is 13.1. The summed E-state index contributed by atoms with van der Waals surface area (Å²) in [6.07, 6.45) is 0. The first-order chi connectivity index (χ1) is 7.81. The number of carbonyl (C=O) groups is 1. The number of rotatable bonds is 4. The van der Waals surface area contributed by atoms with Gasteiger partial charge in [0, 0.05) is 0 Å². The fourth-order valence-electron chi connectivity index (χ4n) is 1.13. The van der Waals surface area contributed by atoms with Crippen LogP contribution in [0.2, 0.25) is 0 Å². The minimum Gasteiger partial charge on any atom is -0.465 e. The average molecular weight is 281 g/mol. The molecular weight excluding hydrogens is 271 g/mol. The number of benzene rings is 1. The molecule has 0 saturated carbocycles. The first kappa shape index (κ1) is 13.9. The third-order valence-electron chi connectivity index (χ3n) is 2.01. The van der Waals surface area contributed by atoms with Crippen LogP contribution >= 0.6 is 11.6 Å². The molecule has 0 saturated heterocycles. The van der Waals surface area contributed by atoms with Crippen molar-refractivity contribution in [2.24, 2.45) is 0 Å². The van der Waals surface area contributed by atoms with Crippen LogP contribution in [0.15, 0.2) is 30.3 Å². The van der Waals surface area contributed by atoms with Crippen molar-refractivity contribution in [3.8, 4) is 0 Å². The van der Waals surface area contributed by atoms with Gasteiger partial charge >= 0.3 is 10.4 Å². The standard InChI is InChI=1S/C10H10ClFO4S/c1-16-9(13)10(11,12)17(14,15)7-8-5-3-2-4-6-8/h2-6H,7H2,1H3. The third-order valence-corrected chi connectivity index (χ3v) is 4.53.